The molecule has 0 bridgehead atoms. The van der Waals surface area contributed by atoms with Gasteiger partial charge in [-0.15, -0.1) is 0 Å². The van der Waals surface area contributed by atoms with Crippen LogP contribution in [0.25, 0.3) is 0 Å². The lowest BCUT2D eigenvalue weighted by atomic mass is 10.3. The first-order valence-electron chi connectivity index (χ1n) is 5.53. The quantitative estimate of drug-likeness (QED) is 0.668. The van der Waals surface area contributed by atoms with Gasteiger partial charge in [0.25, 0.3) is 0 Å². The molecule has 1 saturated carbocycles. The number of rotatable bonds is 6. The number of nitrogens with one attached hydrogen (secondary N) is 1. The zero-order valence-corrected chi connectivity index (χ0v) is 8.96. The Hall–Kier alpha value is -0.770. The number of carbonyl (C=O) groups excluding carboxylic acids is 1. The molecule has 82 valence electrons. The van der Waals surface area contributed by atoms with E-state index in [0.29, 0.717) is 12.6 Å². The number of carbonyl (C=O) groups is 1. The Balaban J connectivity index is 2.26. The van der Waals surface area contributed by atoms with Gasteiger partial charge in [0, 0.05) is 19.1 Å². The second-order valence-corrected chi connectivity index (χ2v) is 3.85. The van der Waals surface area contributed by atoms with E-state index in [1.165, 1.54) is 0 Å². The molecule has 14 heavy (non-hydrogen) atoms. The highest BCUT2D eigenvalue weighted by molar-refractivity contribution is 5.74. The Morgan fingerprint density at radius 1 is 1.50 bits per heavy atom. The molecule has 0 aromatic carbocycles. The van der Waals surface area contributed by atoms with Crippen LogP contribution in [0.1, 0.15) is 32.6 Å². The lowest BCUT2D eigenvalue weighted by molar-refractivity contribution is 0.197. The van der Waals surface area contributed by atoms with E-state index in [-0.39, 0.29) is 6.03 Å². The van der Waals surface area contributed by atoms with Crippen molar-refractivity contribution in [3.63, 3.8) is 0 Å². The third-order valence-electron chi connectivity index (χ3n) is 2.32. The molecular weight excluding hydrogens is 178 g/mol. The summed E-state index contributed by atoms with van der Waals surface area (Å²) < 4.78 is 0. The summed E-state index contributed by atoms with van der Waals surface area (Å²) in [6, 6.07) is 0.530. The first-order valence-corrected chi connectivity index (χ1v) is 5.53. The molecule has 0 aromatic heterocycles. The summed E-state index contributed by atoms with van der Waals surface area (Å²) in [4.78, 5) is 13.5. The van der Waals surface area contributed by atoms with Crippen LogP contribution in [-0.4, -0.2) is 36.6 Å². The van der Waals surface area contributed by atoms with Gasteiger partial charge in [-0.2, -0.15) is 0 Å². The van der Waals surface area contributed by atoms with Crippen LogP contribution in [0.15, 0.2) is 0 Å². The Bertz CT molecular complexity index is 180. The van der Waals surface area contributed by atoms with E-state index in [4.69, 9.17) is 5.73 Å². The van der Waals surface area contributed by atoms with Gasteiger partial charge in [-0.25, -0.2) is 4.79 Å². The van der Waals surface area contributed by atoms with Crippen LogP contribution in [0.4, 0.5) is 4.79 Å². The Labute approximate surface area is 85.8 Å². The predicted octanol–water partition coefficient (Wildman–Crippen LogP) is 0.919. The molecular formula is C10H21N3O. The van der Waals surface area contributed by atoms with E-state index in [1.54, 1.807) is 0 Å². The van der Waals surface area contributed by atoms with Crippen molar-refractivity contribution >= 4 is 6.03 Å². The lowest BCUT2D eigenvalue weighted by Gasteiger charge is -2.22. The second-order valence-electron chi connectivity index (χ2n) is 3.85. The molecule has 0 aliphatic heterocycles. The van der Waals surface area contributed by atoms with Crippen molar-refractivity contribution in [2.75, 3.05) is 19.6 Å². The van der Waals surface area contributed by atoms with Gasteiger partial charge in [-0.3, -0.25) is 0 Å². The van der Waals surface area contributed by atoms with Gasteiger partial charge in [0.1, 0.15) is 0 Å². The van der Waals surface area contributed by atoms with Crippen LogP contribution in [0, 0.1) is 0 Å². The average molecular weight is 199 g/mol. The fourth-order valence-electron chi connectivity index (χ4n) is 1.36. The fraction of sp³-hybridized carbons (Fsp3) is 0.900. The average Bonchev–Trinajstić information content (AvgIpc) is 2.95. The SMILES string of the molecule is CCCN(CCCN)C(=O)NC1CC1. The number of nitrogens with two attached hydrogens (primary N) is 1. The van der Waals surface area contributed by atoms with E-state index in [0.717, 1.165) is 38.8 Å². The molecule has 0 spiro atoms. The molecule has 3 N–H and O–H groups in total. The van der Waals surface area contributed by atoms with Crippen molar-refractivity contribution < 1.29 is 4.79 Å². The lowest BCUT2D eigenvalue weighted by Crippen LogP contribution is -2.42. The van der Waals surface area contributed by atoms with Gasteiger partial charge in [0.2, 0.25) is 0 Å². The molecule has 0 unspecified atom stereocenters. The topological polar surface area (TPSA) is 58.4 Å². The molecule has 0 atom stereocenters. The van der Waals surface area contributed by atoms with Crippen molar-refractivity contribution in [1.29, 1.82) is 0 Å². The maximum absolute atomic E-state index is 11.7. The molecule has 1 rings (SSSR count). The fourth-order valence-corrected chi connectivity index (χ4v) is 1.36. The summed E-state index contributed by atoms with van der Waals surface area (Å²) in [6.45, 7) is 4.35. The van der Waals surface area contributed by atoms with E-state index >= 15 is 0 Å². The Morgan fingerprint density at radius 2 is 2.21 bits per heavy atom. The van der Waals surface area contributed by atoms with Crippen LogP contribution >= 0.6 is 0 Å². The zero-order valence-electron chi connectivity index (χ0n) is 8.96. The van der Waals surface area contributed by atoms with Crippen molar-refractivity contribution in [3.8, 4) is 0 Å². The van der Waals surface area contributed by atoms with Crippen molar-refractivity contribution in [3.05, 3.63) is 0 Å². The maximum atomic E-state index is 11.7. The molecule has 4 nitrogen and oxygen atoms in total. The Morgan fingerprint density at radius 3 is 2.71 bits per heavy atom. The zero-order chi connectivity index (χ0) is 10.4. The van der Waals surface area contributed by atoms with E-state index in [1.807, 2.05) is 4.90 Å². The monoisotopic (exact) mass is 199 g/mol. The highest BCUT2D eigenvalue weighted by Crippen LogP contribution is 2.18. The standard InChI is InChI=1S/C10H21N3O/c1-2-7-13(8-3-6-11)10(14)12-9-4-5-9/h9H,2-8,11H2,1H3,(H,12,14). The van der Waals surface area contributed by atoms with Gasteiger partial charge in [0.15, 0.2) is 0 Å². The van der Waals surface area contributed by atoms with E-state index in [2.05, 4.69) is 12.2 Å². The molecule has 1 aliphatic carbocycles. The molecule has 0 aromatic rings. The van der Waals surface area contributed by atoms with Gasteiger partial charge >= 0.3 is 6.03 Å². The van der Waals surface area contributed by atoms with Crippen LogP contribution in [0.5, 0.6) is 0 Å². The van der Waals surface area contributed by atoms with Crippen LogP contribution < -0.4 is 11.1 Å². The van der Waals surface area contributed by atoms with Crippen molar-refractivity contribution in [2.45, 2.75) is 38.6 Å². The van der Waals surface area contributed by atoms with Crippen LogP contribution in [0.2, 0.25) is 0 Å². The summed E-state index contributed by atoms with van der Waals surface area (Å²) in [5, 5.41) is 2.99. The van der Waals surface area contributed by atoms with Crippen molar-refractivity contribution in [2.24, 2.45) is 5.73 Å². The maximum Gasteiger partial charge on any atom is 0.317 e. The Kier molecular flexibility index (Phi) is 4.73. The minimum absolute atomic E-state index is 0.0859. The molecule has 1 fully saturated rings. The highest BCUT2D eigenvalue weighted by atomic mass is 16.2. The molecule has 1 aliphatic rings. The van der Waals surface area contributed by atoms with Gasteiger partial charge in [0.05, 0.1) is 0 Å². The van der Waals surface area contributed by atoms with Crippen LogP contribution in [-0.2, 0) is 0 Å². The van der Waals surface area contributed by atoms with E-state index < -0.39 is 0 Å². The number of urea groups is 1. The number of nitrogens with zero attached hydrogens (tertiary/aromatic N) is 1. The summed E-state index contributed by atoms with van der Waals surface area (Å²) in [6.07, 6.45) is 4.17. The number of hydrogen-bond acceptors (Lipinski definition) is 2. The normalized spacial score (nSPS) is 15.3. The molecule has 4 heteroatoms. The van der Waals surface area contributed by atoms with Gasteiger partial charge in [-0.1, -0.05) is 6.92 Å². The second kappa shape index (κ2) is 5.86. The smallest absolute Gasteiger partial charge is 0.317 e. The third kappa shape index (κ3) is 3.96. The van der Waals surface area contributed by atoms with Gasteiger partial charge < -0.3 is 16.0 Å². The first-order chi connectivity index (χ1) is 6.77. The molecule has 0 radical (unpaired) electrons. The largest absolute Gasteiger partial charge is 0.335 e. The molecule has 2 amide bonds. The minimum atomic E-state index is 0.0859. The summed E-state index contributed by atoms with van der Waals surface area (Å²) in [5.41, 5.74) is 5.43. The highest BCUT2D eigenvalue weighted by Gasteiger charge is 2.25. The molecule has 0 heterocycles. The minimum Gasteiger partial charge on any atom is -0.335 e. The number of hydrogen-bond donors (Lipinski definition) is 2. The third-order valence-corrected chi connectivity index (χ3v) is 2.32. The summed E-state index contributed by atoms with van der Waals surface area (Å²) in [5.74, 6) is 0. The first kappa shape index (κ1) is 11.3. The van der Waals surface area contributed by atoms with Crippen LogP contribution in [0.3, 0.4) is 0 Å². The summed E-state index contributed by atoms with van der Waals surface area (Å²) in [7, 11) is 0. The summed E-state index contributed by atoms with van der Waals surface area (Å²) >= 11 is 0. The number of amides is 2. The van der Waals surface area contributed by atoms with Gasteiger partial charge in [-0.05, 0) is 32.2 Å². The van der Waals surface area contributed by atoms with Crippen molar-refractivity contribution in [1.82, 2.24) is 10.2 Å². The molecule has 0 saturated heterocycles. The predicted molar refractivity (Wildman–Crippen MR) is 57.1 cm³/mol. The van der Waals surface area contributed by atoms with E-state index in [9.17, 15) is 4.79 Å².